The van der Waals surface area contributed by atoms with Gasteiger partial charge in [-0.1, -0.05) is 0 Å². The van der Waals surface area contributed by atoms with Crippen LogP contribution in [0.3, 0.4) is 0 Å². The quantitative estimate of drug-likeness (QED) is 0.502. The van der Waals surface area contributed by atoms with Crippen LogP contribution >= 0.6 is 0 Å². The SMILES string of the molecule is CCN1C(=O)NC(=O)C(C)(N)C1=O. The Kier molecular flexibility index (Phi) is 2.09. The Hall–Kier alpha value is -1.43. The second-order valence-electron chi connectivity index (χ2n) is 3.01. The van der Waals surface area contributed by atoms with Crippen molar-refractivity contribution in [2.24, 2.45) is 5.73 Å². The third-order valence-electron chi connectivity index (χ3n) is 1.94. The average molecular weight is 185 g/mol. The second-order valence-corrected chi connectivity index (χ2v) is 3.01. The van der Waals surface area contributed by atoms with Crippen LogP contribution in [0.5, 0.6) is 0 Å². The first-order valence-corrected chi connectivity index (χ1v) is 3.87. The molecule has 4 amide bonds. The fourth-order valence-corrected chi connectivity index (χ4v) is 1.05. The lowest BCUT2D eigenvalue weighted by Gasteiger charge is -2.33. The highest BCUT2D eigenvalue weighted by Gasteiger charge is 2.47. The molecular formula is C7H11N3O3. The second kappa shape index (κ2) is 2.81. The summed E-state index contributed by atoms with van der Waals surface area (Å²) in [5.74, 6) is -1.42. The van der Waals surface area contributed by atoms with Crippen molar-refractivity contribution in [2.75, 3.05) is 6.54 Å². The largest absolute Gasteiger partial charge is 0.330 e. The van der Waals surface area contributed by atoms with Gasteiger partial charge in [-0.25, -0.2) is 4.79 Å². The maximum absolute atomic E-state index is 11.4. The fraction of sp³-hybridized carbons (Fsp3) is 0.571. The molecule has 1 aliphatic heterocycles. The lowest BCUT2D eigenvalue weighted by Crippen LogP contribution is -2.70. The van der Waals surface area contributed by atoms with Crippen LogP contribution < -0.4 is 11.1 Å². The fourth-order valence-electron chi connectivity index (χ4n) is 1.05. The molecule has 72 valence electrons. The van der Waals surface area contributed by atoms with Gasteiger partial charge in [-0.3, -0.25) is 19.8 Å². The smallest absolute Gasteiger partial charge is 0.310 e. The predicted molar refractivity (Wildman–Crippen MR) is 43.5 cm³/mol. The number of urea groups is 1. The van der Waals surface area contributed by atoms with Crippen molar-refractivity contribution >= 4 is 17.8 Å². The summed E-state index contributed by atoms with van der Waals surface area (Å²) in [4.78, 5) is 34.5. The number of nitrogens with two attached hydrogens (primary N) is 1. The van der Waals surface area contributed by atoms with E-state index in [0.29, 0.717) is 0 Å². The zero-order chi connectivity index (χ0) is 10.2. The van der Waals surface area contributed by atoms with Gasteiger partial charge in [0, 0.05) is 6.54 Å². The van der Waals surface area contributed by atoms with Gasteiger partial charge in [0.2, 0.25) is 0 Å². The Bertz CT molecular complexity index is 285. The number of amides is 4. The summed E-state index contributed by atoms with van der Waals surface area (Å²) in [5.41, 5.74) is 3.80. The van der Waals surface area contributed by atoms with Crippen LogP contribution in [0.1, 0.15) is 13.8 Å². The summed E-state index contributed by atoms with van der Waals surface area (Å²) in [6.45, 7) is 3.11. The molecule has 0 aromatic rings. The Morgan fingerprint density at radius 3 is 2.46 bits per heavy atom. The molecule has 0 aromatic heterocycles. The van der Waals surface area contributed by atoms with E-state index in [0.717, 1.165) is 4.90 Å². The van der Waals surface area contributed by atoms with E-state index in [1.807, 2.05) is 5.32 Å². The van der Waals surface area contributed by atoms with Gasteiger partial charge in [0.15, 0.2) is 5.54 Å². The summed E-state index contributed by atoms with van der Waals surface area (Å²) in [6, 6.07) is -0.708. The number of hydrogen-bond acceptors (Lipinski definition) is 4. The molecule has 0 radical (unpaired) electrons. The third-order valence-corrected chi connectivity index (χ3v) is 1.94. The minimum Gasteiger partial charge on any atom is -0.310 e. The van der Waals surface area contributed by atoms with Crippen molar-refractivity contribution in [1.29, 1.82) is 0 Å². The molecule has 1 atom stereocenters. The molecule has 3 N–H and O–H groups in total. The number of carbonyl (C=O) groups is 3. The molecule has 6 nitrogen and oxygen atoms in total. The van der Waals surface area contributed by atoms with Gasteiger partial charge >= 0.3 is 6.03 Å². The van der Waals surface area contributed by atoms with Crippen LogP contribution in [0.25, 0.3) is 0 Å². The van der Waals surface area contributed by atoms with Crippen molar-refractivity contribution in [3.8, 4) is 0 Å². The molecular weight excluding hydrogens is 174 g/mol. The van der Waals surface area contributed by atoms with Crippen LogP contribution in [-0.4, -0.2) is 34.8 Å². The van der Waals surface area contributed by atoms with Gasteiger partial charge in [0.25, 0.3) is 11.8 Å². The number of barbiturate groups is 1. The van der Waals surface area contributed by atoms with Crippen molar-refractivity contribution in [1.82, 2.24) is 10.2 Å². The van der Waals surface area contributed by atoms with Gasteiger partial charge in [-0.2, -0.15) is 0 Å². The molecule has 13 heavy (non-hydrogen) atoms. The van der Waals surface area contributed by atoms with Gasteiger partial charge in [0.05, 0.1) is 0 Å². The van der Waals surface area contributed by atoms with E-state index in [1.54, 1.807) is 6.92 Å². The molecule has 1 heterocycles. The number of nitrogens with one attached hydrogen (secondary N) is 1. The molecule has 0 aromatic carbocycles. The van der Waals surface area contributed by atoms with E-state index in [9.17, 15) is 14.4 Å². The number of nitrogens with zero attached hydrogens (tertiary/aromatic N) is 1. The zero-order valence-corrected chi connectivity index (χ0v) is 7.46. The molecule has 0 saturated carbocycles. The molecule has 0 aliphatic carbocycles. The Morgan fingerprint density at radius 2 is 2.00 bits per heavy atom. The van der Waals surface area contributed by atoms with Crippen LogP contribution in [0.15, 0.2) is 0 Å². The molecule has 1 aliphatic rings. The first-order chi connectivity index (χ1) is 5.91. The first kappa shape index (κ1) is 9.66. The number of imide groups is 2. The molecule has 1 saturated heterocycles. The first-order valence-electron chi connectivity index (χ1n) is 3.87. The van der Waals surface area contributed by atoms with Gasteiger partial charge in [-0.05, 0) is 13.8 Å². The summed E-state index contributed by atoms with van der Waals surface area (Å²) in [7, 11) is 0. The molecule has 0 spiro atoms. The summed E-state index contributed by atoms with van der Waals surface area (Å²) >= 11 is 0. The average Bonchev–Trinajstić information content (AvgIpc) is 2.03. The third kappa shape index (κ3) is 1.29. The van der Waals surface area contributed by atoms with Crippen molar-refractivity contribution < 1.29 is 14.4 Å². The Morgan fingerprint density at radius 1 is 1.46 bits per heavy atom. The zero-order valence-electron chi connectivity index (χ0n) is 7.46. The number of hydrogen-bond donors (Lipinski definition) is 2. The van der Waals surface area contributed by atoms with Crippen molar-refractivity contribution in [2.45, 2.75) is 19.4 Å². The molecule has 6 heteroatoms. The number of rotatable bonds is 1. The minimum atomic E-state index is -1.63. The van der Waals surface area contributed by atoms with E-state index in [4.69, 9.17) is 5.73 Å². The maximum Gasteiger partial charge on any atom is 0.330 e. The number of carbonyl (C=O) groups excluding carboxylic acids is 3. The van der Waals surface area contributed by atoms with Crippen LogP contribution in [0.4, 0.5) is 4.79 Å². The Labute approximate surface area is 75.1 Å². The maximum atomic E-state index is 11.4. The Balaban J connectivity index is 3.02. The monoisotopic (exact) mass is 185 g/mol. The molecule has 1 rings (SSSR count). The predicted octanol–water partition coefficient (Wildman–Crippen LogP) is -1.20. The van der Waals surface area contributed by atoms with Crippen molar-refractivity contribution in [3.05, 3.63) is 0 Å². The molecule has 1 fully saturated rings. The summed E-state index contributed by atoms with van der Waals surface area (Å²) < 4.78 is 0. The van der Waals surface area contributed by atoms with Crippen LogP contribution in [0.2, 0.25) is 0 Å². The van der Waals surface area contributed by atoms with Crippen LogP contribution in [0, 0.1) is 0 Å². The van der Waals surface area contributed by atoms with Crippen LogP contribution in [-0.2, 0) is 9.59 Å². The highest BCUT2D eigenvalue weighted by molar-refractivity contribution is 6.21. The van der Waals surface area contributed by atoms with Gasteiger partial charge in [0.1, 0.15) is 0 Å². The topological polar surface area (TPSA) is 92.5 Å². The molecule has 0 bridgehead atoms. The van der Waals surface area contributed by atoms with Crippen molar-refractivity contribution in [3.63, 3.8) is 0 Å². The van der Waals surface area contributed by atoms with Gasteiger partial charge < -0.3 is 5.73 Å². The van der Waals surface area contributed by atoms with E-state index >= 15 is 0 Å². The molecule has 1 unspecified atom stereocenters. The standard InChI is InChI=1S/C7H11N3O3/c1-3-10-5(12)7(2,8)4(11)9-6(10)13/h3,8H2,1-2H3,(H,9,11,13). The number of likely N-dealkylation sites (N-methyl/N-ethyl adjacent to an activating group) is 1. The minimum absolute atomic E-state index is 0.199. The lowest BCUT2D eigenvalue weighted by atomic mass is 9.99. The highest BCUT2D eigenvalue weighted by atomic mass is 16.2. The van der Waals surface area contributed by atoms with E-state index in [1.165, 1.54) is 6.92 Å². The lowest BCUT2D eigenvalue weighted by molar-refractivity contribution is -0.143. The van der Waals surface area contributed by atoms with E-state index < -0.39 is 23.4 Å². The normalized spacial score (nSPS) is 29.2. The van der Waals surface area contributed by atoms with Gasteiger partial charge in [-0.15, -0.1) is 0 Å². The van der Waals surface area contributed by atoms with E-state index in [2.05, 4.69) is 0 Å². The highest BCUT2D eigenvalue weighted by Crippen LogP contribution is 2.11. The summed E-state index contributed by atoms with van der Waals surface area (Å²) in [6.07, 6.45) is 0. The van der Waals surface area contributed by atoms with E-state index in [-0.39, 0.29) is 6.54 Å². The summed E-state index contributed by atoms with van der Waals surface area (Å²) in [5, 5.41) is 2.00.